The average molecular weight is 402 g/mol. The number of carbonyl (C=O) groups is 1. The summed E-state index contributed by atoms with van der Waals surface area (Å²) in [7, 11) is 0. The van der Waals surface area contributed by atoms with Crippen LogP contribution in [-0.4, -0.2) is 21.5 Å². The molecule has 0 aliphatic heterocycles. The zero-order valence-electron chi connectivity index (χ0n) is 15.5. The first-order valence-corrected chi connectivity index (χ1v) is 11.1. The van der Waals surface area contributed by atoms with Gasteiger partial charge in [-0.15, -0.1) is 22.7 Å². The topological polar surface area (TPSA) is 64.0 Å². The van der Waals surface area contributed by atoms with E-state index >= 15 is 0 Å². The Morgan fingerprint density at radius 3 is 2.89 bits per heavy atom. The minimum absolute atomic E-state index is 0.0176. The summed E-state index contributed by atoms with van der Waals surface area (Å²) < 4.78 is 1.43. The number of hydrogen-bond acceptors (Lipinski definition) is 5. The Labute approximate surface area is 166 Å². The van der Waals surface area contributed by atoms with Gasteiger partial charge in [-0.25, -0.2) is 4.98 Å². The highest BCUT2D eigenvalue weighted by Gasteiger charge is 2.23. The van der Waals surface area contributed by atoms with Crippen LogP contribution in [0.2, 0.25) is 0 Å². The number of nitrogens with zero attached hydrogens (tertiary/aromatic N) is 2. The van der Waals surface area contributed by atoms with E-state index in [9.17, 15) is 9.59 Å². The zero-order valence-corrected chi connectivity index (χ0v) is 17.2. The van der Waals surface area contributed by atoms with Crippen LogP contribution in [0.1, 0.15) is 37.5 Å². The van der Waals surface area contributed by atoms with Crippen LogP contribution in [0.25, 0.3) is 20.7 Å². The molecule has 0 aromatic carbocycles. The van der Waals surface area contributed by atoms with E-state index in [1.165, 1.54) is 33.5 Å². The molecule has 2 atom stereocenters. The van der Waals surface area contributed by atoms with Crippen molar-refractivity contribution >= 4 is 38.8 Å². The van der Waals surface area contributed by atoms with Crippen molar-refractivity contribution in [3.8, 4) is 10.4 Å². The van der Waals surface area contributed by atoms with E-state index in [-0.39, 0.29) is 24.1 Å². The minimum Gasteiger partial charge on any atom is -0.352 e. The molecule has 3 aromatic rings. The predicted octanol–water partition coefficient (Wildman–Crippen LogP) is 4.19. The van der Waals surface area contributed by atoms with Gasteiger partial charge >= 0.3 is 0 Å². The molecule has 27 heavy (non-hydrogen) atoms. The van der Waals surface area contributed by atoms with Gasteiger partial charge in [0.1, 0.15) is 11.4 Å². The average Bonchev–Trinajstić information content (AvgIpc) is 3.26. The number of nitrogens with one attached hydrogen (secondary N) is 1. The Morgan fingerprint density at radius 2 is 2.15 bits per heavy atom. The first-order valence-electron chi connectivity index (χ1n) is 9.35. The van der Waals surface area contributed by atoms with Gasteiger partial charge in [-0.2, -0.15) is 0 Å². The first-order chi connectivity index (χ1) is 13.0. The van der Waals surface area contributed by atoms with Crippen molar-refractivity contribution in [1.82, 2.24) is 14.9 Å². The van der Waals surface area contributed by atoms with Gasteiger partial charge in [-0.1, -0.05) is 19.8 Å². The molecule has 5 nitrogen and oxygen atoms in total. The molecule has 3 aromatic heterocycles. The van der Waals surface area contributed by atoms with Crippen molar-refractivity contribution < 1.29 is 4.79 Å². The van der Waals surface area contributed by atoms with Crippen LogP contribution >= 0.6 is 22.7 Å². The molecular weight excluding hydrogens is 378 g/mol. The fraction of sp³-hybridized carbons (Fsp3) is 0.450. The van der Waals surface area contributed by atoms with Crippen LogP contribution in [-0.2, 0) is 11.3 Å². The summed E-state index contributed by atoms with van der Waals surface area (Å²) in [6.07, 6.45) is 6.05. The lowest BCUT2D eigenvalue weighted by atomic mass is 9.86. The maximum Gasteiger partial charge on any atom is 0.263 e. The number of fused-ring (bicyclic) bond motifs is 1. The standard InChI is InChI=1S/C20H23N3O2S2/c1-12-5-3-4-6-15(12)22-17(24)9-23-11-21-19-18(20(23)25)14(10-26-19)16-8-7-13(2)27-16/h7-8,10-12,15H,3-6,9H2,1-2H3,(H,22,24)/t12-,15-/m0/s1. The van der Waals surface area contributed by atoms with Gasteiger partial charge in [0.2, 0.25) is 5.91 Å². The summed E-state index contributed by atoms with van der Waals surface area (Å²) in [4.78, 5) is 33.0. The second-order valence-electron chi connectivity index (χ2n) is 7.35. The van der Waals surface area contributed by atoms with E-state index in [1.54, 1.807) is 11.3 Å². The number of rotatable bonds is 4. The number of hydrogen-bond donors (Lipinski definition) is 1. The van der Waals surface area contributed by atoms with Crippen LogP contribution < -0.4 is 10.9 Å². The van der Waals surface area contributed by atoms with Gasteiger partial charge < -0.3 is 5.32 Å². The summed E-state index contributed by atoms with van der Waals surface area (Å²) >= 11 is 3.13. The predicted molar refractivity (Wildman–Crippen MR) is 111 cm³/mol. The van der Waals surface area contributed by atoms with E-state index in [1.807, 2.05) is 11.4 Å². The Kier molecular flexibility index (Phi) is 5.14. The quantitative estimate of drug-likeness (QED) is 0.713. The summed E-state index contributed by atoms with van der Waals surface area (Å²) in [6.45, 7) is 4.25. The van der Waals surface area contributed by atoms with E-state index < -0.39 is 0 Å². The molecular formula is C20H23N3O2S2. The molecule has 1 saturated carbocycles. The first kappa shape index (κ1) is 18.4. The lowest BCUT2D eigenvalue weighted by Gasteiger charge is -2.29. The largest absolute Gasteiger partial charge is 0.352 e. The SMILES string of the molecule is Cc1ccc(-c2csc3ncn(CC(=O)N[C@H]4CCCC[C@@H]4C)c(=O)c23)s1. The summed E-state index contributed by atoms with van der Waals surface area (Å²) in [5.74, 6) is 0.381. The van der Waals surface area contributed by atoms with Crippen molar-refractivity contribution in [3.63, 3.8) is 0 Å². The molecule has 1 fully saturated rings. The van der Waals surface area contributed by atoms with Gasteiger partial charge in [-0.05, 0) is 37.8 Å². The Hall–Kier alpha value is -1.99. The van der Waals surface area contributed by atoms with Crippen molar-refractivity contribution in [2.75, 3.05) is 0 Å². The number of amides is 1. The Morgan fingerprint density at radius 1 is 1.33 bits per heavy atom. The number of aromatic nitrogens is 2. The number of carbonyl (C=O) groups excluding carboxylic acids is 1. The molecule has 0 bridgehead atoms. The third kappa shape index (κ3) is 3.71. The second-order valence-corrected chi connectivity index (χ2v) is 9.50. The van der Waals surface area contributed by atoms with Crippen LogP contribution in [0, 0.1) is 12.8 Å². The van der Waals surface area contributed by atoms with E-state index in [4.69, 9.17) is 0 Å². The second kappa shape index (κ2) is 7.56. The highest BCUT2D eigenvalue weighted by molar-refractivity contribution is 7.19. The third-order valence-electron chi connectivity index (χ3n) is 5.34. The molecule has 1 aliphatic carbocycles. The Bertz CT molecular complexity index is 1030. The fourth-order valence-corrected chi connectivity index (χ4v) is 5.64. The lowest BCUT2D eigenvalue weighted by molar-refractivity contribution is -0.123. The smallest absolute Gasteiger partial charge is 0.263 e. The Balaban J connectivity index is 1.60. The van der Waals surface area contributed by atoms with E-state index in [0.29, 0.717) is 11.3 Å². The van der Waals surface area contributed by atoms with Crippen LogP contribution in [0.4, 0.5) is 0 Å². The van der Waals surface area contributed by atoms with Crippen LogP contribution in [0.5, 0.6) is 0 Å². The molecule has 3 heterocycles. The van der Waals surface area contributed by atoms with Gasteiger partial charge in [0.05, 0.1) is 11.7 Å². The highest BCUT2D eigenvalue weighted by atomic mass is 32.1. The number of thiophene rings is 2. The molecule has 0 unspecified atom stereocenters. The molecule has 4 rings (SSSR count). The molecule has 142 valence electrons. The van der Waals surface area contributed by atoms with Crippen LogP contribution in [0.15, 0.2) is 28.6 Å². The zero-order chi connectivity index (χ0) is 19.0. The molecule has 7 heteroatoms. The molecule has 1 aliphatic rings. The lowest BCUT2D eigenvalue weighted by Crippen LogP contribution is -2.43. The summed E-state index contributed by atoms with van der Waals surface area (Å²) in [6, 6.07) is 4.30. The monoisotopic (exact) mass is 401 g/mol. The van der Waals surface area contributed by atoms with Gasteiger partial charge in [0.25, 0.3) is 5.56 Å². The fourth-order valence-electron chi connectivity index (χ4n) is 3.78. The van der Waals surface area contributed by atoms with Gasteiger partial charge in [-0.3, -0.25) is 14.2 Å². The van der Waals surface area contributed by atoms with Crippen molar-refractivity contribution in [1.29, 1.82) is 0 Å². The van der Waals surface area contributed by atoms with E-state index in [0.717, 1.165) is 34.5 Å². The van der Waals surface area contributed by atoms with E-state index in [2.05, 4.69) is 30.2 Å². The normalized spacial score (nSPS) is 20.1. The molecule has 1 N–H and O–H groups in total. The summed E-state index contributed by atoms with van der Waals surface area (Å²) in [5, 5.41) is 5.71. The molecule has 0 radical (unpaired) electrons. The van der Waals surface area contributed by atoms with Crippen molar-refractivity contribution in [2.24, 2.45) is 5.92 Å². The van der Waals surface area contributed by atoms with Crippen LogP contribution in [0.3, 0.4) is 0 Å². The molecule has 0 spiro atoms. The highest BCUT2D eigenvalue weighted by Crippen LogP contribution is 2.34. The van der Waals surface area contributed by atoms with Gasteiger partial charge in [0, 0.05) is 26.7 Å². The third-order valence-corrected chi connectivity index (χ3v) is 7.26. The minimum atomic E-state index is -0.144. The molecule has 1 amide bonds. The van der Waals surface area contributed by atoms with Crippen molar-refractivity contribution in [2.45, 2.75) is 52.1 Å². The van der Waals surface area contributed by atoms with Gasteiger partial charge in [0.15, 0.2) is 0 Å². The van der Waals surface area contributed by atoms with Crippen molar-refractivity contribution in [3.05, 3.63) is 39.1 Å². The molecule has 0 saturated heterocycles. The summed E-state index contributed by atoms with van der Waals surface area (Å²) in [5.41, 5.74) is 0.774. The maximum absolute atomic E-state index is 13.0. The number of aryl methyl sites for hydroxylation is 1. The maximum atomic E-state index is 13.0.